The molecule has 6 heteroatoms. The van der Waals surface area contributed by atoms with Gasteiger partial charge >= 0.3 is 12.0 Å². The van der Waals surface area contributed by atoms with E-state index in [-0.39, 0.29) is 18.7 Å². The number of carboxylic acids is 1. The lowest BCUT2D eigenvalue weighted by Crippen LogP contribution is -2.38. The Bertz CT molecular complexity index is 552. The monoisotopic (exact) mass is 290 g/mol. The van der Waals surface area contributed by atoms with Crippen molar-refractivity contribution in [2.24, 2.45) is 0 Å². The molecule has 0 bridgehead atoms. The zero-order valence-corrected chi connectivity index (χ0v) is 11.5. The van der Waals surface area contributed by atoms with Crippen LogP contribution >= 0.6 is 0 Å². The first-order valence-electron chi connectivity index (χ1n) is 6.79. The highest BCUT2D eigenvalue weighted by molar-refractivity contribution is 5.90. The van der Waals surface area contributed by atoms with Crippen LogP contribution in [0.25, 0.3) is 6.08 Å². The molecule has 0 saturated heterocycles. The predicted octanol–water partition coefficient (Wildman–Crippen LogP) is 1.77. The van der Waals surface area contributed by atoms with Crippen LogP contribution in [0.1, 0.15) is 18.4 Å². The van der Waals surface area contributed by atoms with Crippen molar-refractivity contribution in [3.05, 3.63) is 35.9 Å². The van der Waals surface area contributed by atoms with Gasteiger partial charge in [0.1, 0.15) is 0 Å². The minimum Gasteiger partial charge on any atom is -0.478 e. The quantitative estimate of drug-likeness (QED) is 0.696. The van der Waals surface area contributed by atoms with Crippen molar-refractivity contribution in [3.63, 3.8) is 0 Å². The Hall–Kier alpha value is -2.34. The number of aliphatic hydroxyl groups is 1. The number of aliphatic carboxylic acids is 1. The zero-order chi connectivity index (χ0) is 15.2. The van der Waals surface area contributed by atoms with Gasteiger partial charge in [0.2, 0.25) is 0 Å². The maximum Gasteiger partial charge on any atom is 0.328 e. The average Bonchev–Trinajstić information content (AvgIpc) is 3.27. The van der Waals surface area contributed by atoms with E-state index >= 15 is 0 Å². The van der Waals surface area contributed by atoms with Crippen molar-refractivity contribution in [3.8, 4) is 0 Å². The number of rotatable bonds is 6. The van der Waals surface area contributed by atoms with Crippen molar-refractivity contribution in [1.82, 2.24) is 4.90 Å². The Kier molecular flexibility index (Phi) is 4.94. The van der Waals surface area contributed by atoms with Crippen LogP contribution in [0.15, 0.2) is 30.3 Å². The van der Waals surface area contributed by atoms with E-state index in [0.29, 0.717) is 17.8 Å². The second kappa shape index (κ2) is 6.90. The van der Waals surface area contributed by atoms with Crippen molar-refractivity contribution >= 4 is 23.8 Å². The molecule has 1 aliphatic carbocycles. The molecule has 0 unspecified atom stereocenters. The number of hydrogen-bond acceptors (Lipinski definition) is 3. The highest BCUT2D eigenvalue weighted by Crippen LogP contribution is 2.27. The van der Waals surface area contributed by atoms with E-state index in [1.165, 1.54) is 6.08 Å². The highest BCUT2D eigenvalue weighted by atomic mass is 16.4. The smallest absolute Gasteiger partial charge is 0.328 e. The van der Waals surface area contributed by atoms with Crippen LogP contribution in [0, 0.1) is 0 Å². The normalized spacial score (nSPS) is 14.1. The molecular weight excluding hydrogens is 272 g/mol. The van der Waals surface area contributed by atoms with E-state index in [4.69, 9.17) is 10.2 Å². The summed E-state index contributed by atoms with van der Waals surface area (Å²) in [5.74, 6) is -1.02. The molecule has 0 atom stereocenters. The average molecular weight is 290 g/mol. The number of aliphatic hydroxyl groups excluding tert-OH is 1. The molecule has 21 heavy (non-hydrogen) atoms. The van der Waals surface area contributed by atoms with Crippen LogP contribution in [0.4, 0.5) is 10.5 Å². The molecule has 1 aromatic carbocycles. The van der Waals surface area contributed by atoms with E-state index in [1.807, 2.05) is 0 Å². The summed E-state index contributed by atoms with van der Waals surface area (Å²) in [6.07, 6.45) is 4.44. The van der Waals surface area contributed by atoms with Gasteiger partial charge in [0.15, 0.2) is 0 Å². The van der Waals surface area contributed by atoms with Crippen LogP contribution < -0.4 is 5.32 Å². The van der Waals surface area contributed by atoms with Gasteiger partial charge in [0, 0.05) is 24.4 Å². The summed E-state index contributed by atoms with van der Waals surface area (Å²) in [6, 6.07) is 6.89. The van der Waals surface area contributed by atoms with Gasteiger partial charge in [-0.1, -0.05) is 12.1 Å². The van der Waals surface area contributed by atoms with E-state index in [0.717, 1.165) is 18.9 Å². The number of nitrogens with zero attached hydrogens (tertiary/aromatic N) is 1. The topological polar surface area (TPSA) is 89.9 Å². The summed E-state index contributed by atoms with van der Waals surface area (Å²) in [6.45, 7) is 0.250. The lowest BCUT2D eigenvalue weighted by molar-refractivity contribution is -0.131. The summed E-state index contributed by atoms with van der Waals surface area (Å²) in [5, 5.41) is 20.4. The molecule has 1 aromatic rings. The summed E-state index contributed by atoms with van der Waals surface area (Å²) in [5.41, 5.74) is 1.28. The molecule has 2 rings (SSSR count). The minimum absolute atomic E-state index is 0.0642. The number of hydrogen-bond donors (Lipinski definition) is 3. The number of anilines is 1. The number of carboxylic acid groups (broad SMARTS) is 1. The molecule has 0 radical (unpaired) electrons. The van der Waals surface area contributed by atoms with Gasteiger partial charge in [-0.3, -0.25) is 0 Å². The van der Waals surface area contributed by atoms with Gasteiger partial charge in [-0.25, -0.2) is 9.59 Å². The van der Waals surface area contributed by atoms with Gasteiger partial charge < -0.3 is 20.4 Å². The summed E-state index contributed by atoms with van der Waals surface area (Å²) in [4.78, 5) is 24.3. The molecule has 3 N–H and O–H groups in total. The summed E-state index contributed by atoms with van der Waals surface area (Å²) < 4.78 is 0. The first-order valence-corrected chi connectivity index (χ1v) is 6.79. The first kappa shape index (κ1) is 15.1. The maximum atomic E-state index is 12.2. The molecule has 1 aliphatic rings. The van der Waals surface area contributed by atoms with Crippen LogP contribution in [-0.2, 0) is 4.79 Å². The molecule has 0 heterocycles. The molecular formula is C15H18N2O4. The highest BCUT2D eigenvalue weighted by Gasteiger charge is 2.32. The fourth-order valence-corrected chi connectivity index (χ4v) is 2.03. The molecule has 1 fully saturated rings. The van der Waals surface area contributed by atoms with Crippen molar-refractivity contribution < 1.29 is 19.8 Å². The standard InChI is InChI=1S/C15H18N2O4/c18-9-8-17(13-5-6-13)15(21)16-12-3-1-2-11(10-12)4-7-14(19)20/h1-4,7,10,13,18H,5-6,8-9H2,(H,16,21)(H,19,20)/b7-4+. The lowest BCUT2D eigenvalue weighted by atomic mass is 10.2. The molecule has 2 amide bonds. The third kappa shape index (κ3) is 4.61. The number of nitrogens with one attached hydrogen (secondary N) is 1. The molecule has 0 spiro atoms. The molecule has 0 aliphatic heterocycles. The largest absolute Gasteiger partial charge is 0.478 e. The maximum absolute atomic E-state index is 12.2. The third-order valence-corrected chi connectivity index (χ3v) is 3.15. The van der Waals surface area contributed by atoms with E-state index in [1.54, 1.807) is 29.2 Å². The van der Waals surface area contributed by atoms with Crippen molar-refractivity contribution in [1.29, 1.82) is 0 Å². The number of urea groups is 1. The van der Waals surface area contributed by atoms with Crippen LogP contribution in [-0.4, -0.2) is 46.3 Å². The molecule has 1 saturated carbocycles. The van der Waals surface area contributed by atoms with Gasteiger partial charge in [-0.2, -0.15) is 0 Å². The summed E-state index contributed by atoms with van der Waals surface area (Å²) >= 11 is 0. The van der Waals surface area contributed by atoms with Gasteiger partial charge in [-0.05, 0) is 36.6 Å². The zero-order valence-electron chi connectivity index (χ0n) is 11.5. The SMILES string of the molecule is O=C(O)/C=C/c1cccc(NC(=O)N(CCO)C2CC2)c1. The van der Waals surface area contributed by atoms with Crippen molar-refractivity contribution in [2.75, 3.05) is 18.5 Å². The van der Waals surface area contributed by atoms with E-state index in [9.17, 15) is 9.59 Å². The Morgan fingerprint density at radius 1 is 1.38 bits per heavy atom. The fourth-order valence-electron chi connectivity index (χ4n) is 2.03. The Morgan fingerprint density at radius 3 is 2.76 bits per heavy atom. The Morgan fingerprint density at radius 2 is 2.14 bits per heavy atom. The van der Waals surface area contributed by atoms with Gasteiger partial charge in [0.25, 0.3) is 0 Å². The van der Waals surface area contributed by atoms with Crippen LogP contribution in [0.2, 0.25) is 0 Å². The van der Waals surface area contributed by atoms with E-state index in [2.05, 4.69) is 5.32 Å². The third-order valence-electron chi connectivity index (χ3n) is 3.15. The van der Waals surface area contributed by atoms with Gasteiger partial charge in [0.05, 0.1) is 6.61 Å². The van der Waals surface area contributed by atoms with Crippen molar-refractivity contribution in [2.45, 2.75) is 18.9 Å². The van der Waals surface area contributed by atoms with Crippen LogP contribution in [0.5, 0.6) is 0 Å². The molecule has 0 aromatic heterocycles. The molecule has 6 nitrogen and oxygen atoms in total. The Labute approximate surface area is 122 Å². The number of amides is 2. The first-order chi connectivity index (χ1) is 10.1. The summed E-state index contributed by atoms with van der Waals surface area (Å²) in [7, 11) is 0. The number of carbonyl (C=O) groups is 2. The number of carbonyl (C=O) groups excluding carboxylic acids is 1. The Balaban J connectivity index is 2.03. The second-order valence-corrected chi connectivity index (χ2v) is 4.88. The van der Waals surface area contributed by atoms with Gasteiger partial charge in [-0.15, -0.1) is 0 Å². The van der Waals surface area contributed by atoms with E-state index < -0.39 is 5.97 Å². The second-order valence-electron chi connectivity index (χ2n) is 4.88. The minimum atomic E-state index is -1.02. The van der Waals surface area contributed by atoms with Crippen LogP contribution in [0.3, 0.4) is 0 Å². The molecule has 112 valence electrons. The predicted molar refractivity (Wildman–Crippen MR) is 78.9 cm³/mol. The lowest BCUT2D eigenvalue weighted by Gasteiger charge is -2.21. The number of benzene rings is 1. The fraction of sp³-hybridized carbons (Fsp3) is 0.333.